The van der Waals surface area contributed by atoms with Crippen LogP contribution in [0, 0.1) is 0 Å². The highest BCUT2D eigenvalue weighted by Crippen LogP contribution is 2.21. The zero-order valence-electron chi connectivity index (χ0n) is 9.09. The number of rotatable bonds is 2. The van der Waals surface area contributed by atoms with Crippen molar-refractivity contribution in [1.29, 1.82) is 0 Å². The van der Waals surface area contributed by atoms with Gasteiger partial charge in [0.2, 0.25) is 11.8 Å². The van der Waals surface area contributed by atoms with E-state index in [0.717, 1.165) is 12.1 Å². The van der Waals surface area contributed by atoms with E-state index in [1.165, 1.54) is 12.1 Å². The molecule has 0 saturated heterocycles. The summed E-state index contributed by atoms with van der Waals surface area (Å²) in [6.07, 6.45) is -1.18. The van der Waals surface area contributed by atoms with Crippen molar-refractivity contribution in [3.63, 3.8) is 0 Å². The summed E-state index contributed by atoms with van der Waals surface area (Å²) in [4.78, 5) is 11.5. The molecule has 2 rings (SSSR count). The molecule has 0 atom stereocenters. The molecule has 0 saturated carbocycles. The SMILES string of the molecule is O=C(Oc1ccccc1)N(O)n1c(O)ccc1O. The predicted octanol–water partition coefficient (Wildman–Crippen LogP) is 1.43. The fraction of sp³-hybridized carbons (Fsp3) is 0. The first-order chi connectivity index (χ1) is 8.59. The van der Waals surface area contributed by atoms with E-state index < -0.39 is 17.9 Å². The van der Waals surface area contributed by atoms with Gasteiger partial charge in [-0.2, -0.15) is 4.68 Å². The molecule has 2 aromatic rings. The Morgan fingerprint density at radius 2 is 1.61 bits per heavy atom. The highest BCUT2D eigenvalue weighted by atomic mass is 16.7. The normalized spacial score (nSPS) is 10.1. The molecular formula is C11H10N2O5. The fourth-order valence-electron chi connectivity index (χ4n) is 1.31. The summed E-state index contributed by atoms with van der Waals surface area (Å²) in [5.74, 6) is -0.812. The summed E-state index contributed by atoms with van der Waals surface area (Å²) in [5.41, 5.74) is 0. The van der Waals surface area contributed by atoms with Crippen LogP contribution in [0.25, 0.3) is 0 Å². The molecule has 7 nitrogen and oxygen atoms in total. The van der Waals surface area contributed by atoms with Crippen LogP contribution < -0.4 is 9.91 Å². The molecule has 0 aliphatic carbocycles. The van der Waals surface area contributed by atoms with Crippen molar-refractivity contribution in [1.82, 2.24) is 4.68 Å². The van der Waals surface area contributed by atoms with Gasteiger partial charge < -0.3 is 14.9 Å². The van der Waals surface area contributed by atoms with Crippen LogP contribution in [0.1, 0.15) is 0 Å². The number of hydrogen-bond acceptors (Lipinski definition) is 5. The first kappa shape index (κ1) is 11.8. The van der Waals surface area contributed by atoms with Crippen molar-refractivity contribution in [3.8, 4) is 17.5 Å². The van der Waals surface area contributed by atoms with E-state index in [4.69, 9.17) is 4.74 Å². The van der Waals surface area contributed by atoms with Crippen molar-refractivity contribution in [2.45, 2.75) is 0 Å². The number of hydroxylamine groups is 1. The molecule has 0 aliphatic rings. The van der Waals surface area contributed by atoms with Crippen LogP contribution in [0.5, 0.6) is 17.5 Å². The van der Waals surface area contributed by atoms with Gasteiger partial charge in [-0.3, -0.25) is 5.21 Å². The number of benzene rings is 1. The Balaban J connectivity index is 2.15. The van der Waals surface area contributed by atoms with Gasteiger partial charge in [0, 0.05) is 12.1 Å². The highest BCUT2D eigenvalue weighted by Gasteiger charge is 2.21. The molecule has 94 valence electrons. The van der Waals surface area contributed by atoms with Crippen LogP contribution in [0.2, 0.25) is 0 Å². The Bertz CT molecular complexity index is 532. The van der Waals surface area contributed by atoms with E-state index in [2.05, 4.69) is 0 Å². The lowest BCUT2D eigenvalue weighted by molar-refractivity contribution is 0.121. The minimum atomic E-state index is -1.18. The average molecular weight is 250 g/mol. The van der Waals surface area contributed by atoms with Gasteiger partial charge in [0.05, 0.1) is 0 Å². The molecule has 0 spiro atoms. The van der Waals surface area contributed by atoms with Gasteiger partial charge in [-0.05, 0) is 12.1 Å². The summed E-state index contributed by atoms with van der Waals surface area (Å²) in [7, 11) is 0. The Morgan fingerprint density at radius 1 is 1.06 bits per heavy atom. The average Bonchev–Trinajstić information content (AvgIpc) is 2.69. The topological polar surface area (TPSA) is 95.2 Å². The second kappa shape index (κ2) is 4.68. The molecular weight excluding hydrogens is 240 g/mol. The summed E-state index contributed by atoms with van der Waals surface area (Å²) >= 11 is 0. The van der Waals surface area contributed by atoms with E-state index in [1.54, 1.807) is 18.2 Å². The molecule has 18 heavy (non-hydrogen) atoms. The molecule has 0 bridgehead atoms. The third-order valence-corrected chi connectivity index (χ3v) is 2.12. The number of para-hydroxylation sites is 1. The van der Waals surface area contributed by atoms with E-state index in [9.17, 15) is 20.2 Å². The van der Waals surface area contributed by atoms with Crippen molar-refractivity contribution in [2.75, 3.05) is 5.17 Å². The van der Waals surface area contributed by atoms with Gasteiger partial charge in [0.25, 0.3) is 0 Å². The van der Waals surface area contributed by atoms with Gasteiger partial charge in [-0.15, -0.1) is 0 Å². The second-order valence-electron chi connectivity index (χ2n) is 3.33. The number of nitrogens with zero attached hydrogens (tertiary/aromatic N) is 2. The lowest BCUT2D eigenvalue weighted by Gasteiger charge is -2.16. The van der Waals surface area contributed by atoms with Crippen LogP contribution in [0.3, 0.4) is 0 Å². The van der Waals surface area contributed by atoms with Crippen molar-refractivity contribution in [2.24, 2.45) is 0 Å². The van der Waals surface area contributed by atoms with Crippen LogP contribution in [0.4, 0.5) is 4.79 Å². The van der Waals surface area contributed by atoms with Gasteiger partial charge in [0.15, 0.2) is 0 Å². The highest BCUT2D eigenvalue weighted by molar-refractivity contribution is 5.79. The summed E-state index contributed by atoms with van der Waals surface area (Å²) in [6, 6.07) is 10.3. The first-order valence-electron chi connectivity index (χ1n) is 4.95. The van der Waals surface area contributed by atoms with Crippen LogP contribution in [0.15, 0.2) is 42.5 Å². The molecule has 0 fully saturated rings. The van der Waals surface area contributed by atoms with Crippen LogP contribution >= 0.6 is 0 Å². The predicted molar refractivity (Wildman–Crippen MR) is 60.2 cm³/mol. The van der Waals surface area contributed by atoms with E-state index in [-0.39, 0.29) is 10.9 Å². The Kier molecular flexibility index (Phi) is 3.07. The largest absolute Gasteiger partial charge is 0.493 e. The Hall–Kier alpha value is -2.67. The molecule has 0 radical (unpaired) electrons. The van der Waals surface area contributed by atoms with Gasteiger partial charge in [-0.1, -0.05) is 23.4 Å². The van der Waals surface area contributed by atoms with Gasteiger partial charge in [0.1, 0.15) is 5.75 Å². The minimum absolute atomic E-state index is 0.0440. The van der Waals surface area contributed by atoms with Crippen molar-refractivity contribution in [3.05, 3.63) is 42.5 Å². The van der Waals surface area contributed by atoms with Crippen LogP contribution in [-0.2, 0) is 0 Å². The quantitative estimate of drug-likeness (QED) is 0.553. The fourth-order valence-corrected chi connectivity index (χ4v) is 1.31. The number of carbonyl (C=O) groups is 1. The first-order valence-corrected chi connectivity index (χ1v) is 4.95. The summed E-state index contributed by atoms with van der Waals surface area (Å²) in [5, 5.41) is 28.1. The maximum atomic E-state index is 11.5. The zero-order chi connectivity index (χ0) is 13.1. The molecule has 1 aromatic heterocycles. The van der Waals surface area contributed by atoms with E-state index >= 15 is 0 Å². The van der Waals surface area contributed by atoms with Crippen LogP contribution in [-0.4, -0.2) is 26.2 Å². The van der Waals surface area contributed by atoms with E-state index in [0.29, 0.717) is 4.68 Å². The lowest BCUT2D eigenvalue weighted by atomic mass is 10.3. The van der Waals surface area contributed by atoms with Gasteiger partial charge in [-0.25, -0.2) is 4.79 Å². The lowest BCUT2D eigenvalue weighted by Crippen LogP contribution is -2.38. The molecule has 3 N–H and O–H groups in total. The summed E-state index contributed by atoms with van der Waals surface area (Å²) < 4.78 is 5.28. The van der Waals surface area contributed by atoms with Crippen molar-refractivity contribution < 1.29 is 25.0 Å². The second-order valence-corrected chi connectivity index (χ2v) is 3.33. The molecule has 1 amide bonds. The summed E-state index contributed by atoms with van der Waals surface area (Å²) in [6.45, 7) is 0. The Morgan fingerprint density at radius 3 is 2.17 bits per heavy atom. The number of aromatic nitrogens is 1. The Labute approximate surface area is 102 Å². The molecule has 0 aliphatic heterocycles. The zero-order valence-corrected chi connectivity index (χ0v) is 9.09. The molecule has 1 heterocycles. The molecule has 7 heteroatoms. The third-order valence-electron chi connectivity index (χ3n) is 2.12. The maximum Gasteiger partial charge on any atom is 0.460 e. The number of ether oxygens (including phenoxy) is 1. The standard InChI is InChI=1S/C11H10N2O5/c14-9-6-7-10(15)12(9)13(17)11(16)18-8-4-2-1-3-5-8/h1-7,14-15,17H. The monoisotopic (exact) mass is 250 g/mol. The number of aromatic hydroxyl groups is 2. The third kappa shape index (κ3) is 2.20. The minimum Gasteiger partial charge on any atom is -0.493 e. The van der Waals surface area contributed by atoms with Crippen molar-refractivity contribution >= 4 is 6.09 Å². The molecule has 0 unspecified atom stereocenters. The molecule has 1 aromatic carbocycles. The van der Waals surface area contributed by atoms with Gasteiger partial charge >= 0.3 is 6.09 Å². The smallest absolute Gasteiger partial charge is 0.460 e. The number of amides is 1. The van der Waals surface area contributed by atoms with E-state index in [1.807, 2.05) is 0 Å². The number of carbonyl (C=O) groups excluding carboxylic acids is 1. The maximum absolute atomic E-state index is 11.5. The number of hydrogen-bond donors (Lipinski definition) is 3.